The molecule has 0 aromatic heterocycles. The van der Waals surface area contributed by atoms with Crippen molar-refractivity contribution in [1.29, 1.82) is 0 Å². The van der Waals surface area contributed by atoms with Crippen LogP contribution in [0.25, 0.3) is 0 Å². The first-order chi connectivity index (χ1) is 3.72. The minimum Gasteiger partial charge on any atom is -0.125 e. The number of alkyl halides is 3. The summed E-state index contributed by atoms with van der Waals surface area (Å²) in [5.74, 6) is 1.61. The van der Waals surface area contributed by atoms with E-state index < -0.39 is 0 Å². The Hall–Kier alpha value is 1.16. The van der Waals surface area contributed by atoms with Gasteiger partial charge in [0.25, 0.3) is 0 Å². The van der Waals surface area contributed by atoms with E-state index in [1.54, 1.807) is 0 Å². The Balaban J connectivity index is 3.29. The monoisotopic (exact) mass is 193 g/mol. The van der Waals surface area contributed by atoms with Crippen LogP contribution < -0.4 is 0 Å². The van der Waals surface area contributed by atoms with Gasteiger partial charge in [-0.2, -0.15) is 0 Å². The lowest BCUT2D eigenvalue weighted by Crippen LogP contribution is -2.14. The predicted octanol–water partition coefficient (Wildman–Crippen LogP) is 2.84. The highest BCUT2D eigenvalue weighted by Crippen LogP contribution is 2.15. The van der Waals surface area contributed by atoms with Gasteiger partial charge in [-0.05, 0) is 0 Å². The fraction of sp³-hybridized carbons (Fsp3) is 0.750. The van der Waals surface area contributed by atoms with E-state index in [0.29, 0.717) is 5.88 Å². The topological polar surface area (TPSA) is 0 Å². The zero-order valence-corrected chi connectivity index (χ0v) is 6.97. The summed E-state index contributed by atoms with van der Waals surface area (Å²) in [5, 5.41) is -0.605. The van der Waals surface area contributed by atoms with Crippen molar-refractivity contribution < 1.29 is 0 Å². The molecule has 0 aliphatic heterocycles. The SMILES string of the molecule is Cl[CH]C(Cl)C(Cl)CCl. The van der Waals surface area contributed by atoms with Crippen molar-refractivity contribution >= 4 is 46.4 Å². The standard InChI is InChI=1S/C4H5Cl4/c5-1-3(7)4(8)2-6/h1,3-4H,2H2. The molecular weight excluding hydrogens is 190 g/mol. The van der Waals surface area contributed by atoms with Gasteiger partial charge in [0.15, 0.2) is 0 Å². The van der Waals surface area contributed by atoms with Crippen LogP contribution in [0.5, 0.6) is 0 Å². The van der Waals surface area contributed by atoms with Crippen molar-refractivity contribution in [1.82, 2.24) is 0 Å². The summed E-state index contributed by atoms with van der Waals surface area (Å²) in [5.41, 5.74) is 0. The van der Waals surface area contributed by atoms with E-state index in [2.05, 4.69) is 0 Å². The number of hydrogen-bond acceptors (Lipinski definition) is 0. The summed E-state index contributed by atoms with van der Waals surface area (Å²) >= 11 is 21.6. The third-order valence-electron chi connectivity index (χ3n) is 0.613. The lowest BCUT2D eigenvalue weighted by Gasteiger charge is -2.07. The molecule has 0 rings (SSSR count). The number of rotatable bonds is 3. The van der Waals surface area contributed by atoms with Crippen LogP contribution in [-0.2, 0) is 0 Å². The van der Waals surface area contributed by atoms with Crippen LogP contribution in [0.4, 0.5) is 0 Å². The zero-order valence-electron chi connectivity index (χ0n) is 3.95. The van der Waals surface area contributed by atoms with E-state index in [-0.39, 0.29) is 10.8 Å². The van der Waals surface area contributed by atoms with Crippen molar-refractivity contribution in [2.24, 2.45) is 0 Å². The first-order valence-corrected chi connectivity index (χ1v) is 3.84. The lowest BCUT2D eigenvalue weighted by atomic mass is 10.4. The highest BCUT2D eigenvalue weighted by Gasteiger charge is 2.13. The highest BCUT2D eigenvalue weighted by molar-refractivity contribution is 6.38. The second-order valence-corrected chi connectivity index (χ2v) is 2.87. The molecule has 0 aromatic carbocycles. The molecular formula is C4H5Cl4. The van der Waals surface area contributed by atoms with Crippen molar-refractivity contribution in [2.75, 3.05) is 5.88 Å². The van der Waals surface area contributed by atoms with Crippen LogP contribution in [0.3, 0.4) is 0 Å². The molecule has 0 nitrogen and oxygen atoms in total. The molecule has 0 saturated carbocycles. The van der Waals surface area contributed by atoms with E-state index in [1.807, 2.05) is 0 Å². The van der Waals surface area contributed by atoms with Gasteiger partial charge in [-0.1, -0.05) is 0 Å². The fourth-order valence-corrected chi connectivity index (χ4v) is 0.859. The van der Waals surface area contributed by atoms with E-state index in [9.17, 15) is 0 Å². The largest absolute Gasteiger partial charge is 0.125 e. The Kier molecular flexibility index (Phi) is 5.71. The van der Waals surface area contributed by atoms with Gasteiger partial charge < -0.3 is 0 Å². The minimum absolute atomic E-state index is 0.268. The molecule has 4 heteroatoms. The molecule has 0 N–H and O–H groups in total. The van der Waals surface area contributed by atoms with Gasteiger partial charge in [-0.25, -0.2) is 0 Å². The van der Waals surface area contributed by atoms with Gasteiger partial charge in [-0.3, -0.25) is 0 Å². The summed E-state index contributed by atoms with van der Waals surface area (Å²) in [6, 6.07) is 0. The zero-order chi connectivity index (χ0) is 6.57. The summed E-state index contributed by atoms with van der Waals surface area (Å²) in [7, 11) is 0. The molecule has 2 unspecified atom stereocenters. The Morgan fingerprint density at radius 1 is 1.38 bits per heavy atom. The molecule has 0 amide bonds. The first kappa shape index (κ1) is 9.16. The second kappa shape index (κ2) is 4.99. The smallest absolute Gasteiger partial charge is 0.0693 e. The summed E-state index contributed by atoms with van der Waals surface area (Å²) in [6.07, 6.45) is 0. The summed E-state index contributed by atoms with van der Waals surface area (Å²) < 4.78 is 0. The molecule has 0 aliphatic carbocycles. The fourth-order valence-electron chi connectivity index (χ4n) is 0.164. The molecule has 0 aromatic rings. The summed E-state index contributed by atoms with van der Waals surface area (Å²) in [4.78, 5) is 0. The molecule has 0 aliphatic rings. The van der Waals surface area contributed by atoms with Crippen LogP contribution >= 0.6 is 46.4 Å². The van der Waals surface area contributed by atoms with Crippen LogP contribution in [0.1, 0.15) is 0 Å². The van der Waals surface area contributed by atoms with Crippen molar-refractivity contribution in [3.8, 4) is 0 Å². The van der Waals surface area contributed by atoms with Crippen LogP contribution in [0, 0.1) is 5.88 Å². The lowest BCUT2D eigenvalue weighted by molar-refractivity contribution is 0.967. The molecule has 49 valence electrons. The van der Waals surface area contributed by atoms with E-state index in [4.69, 9.17) is 46.4 Å². The molecule has 0 saturated heterocycles. The first-order valence-electron chi connectivity index (χ1n) is 2.00. The summed E-state index contributed by atoms with van der Waals surface area (Å²) in [6.45, 7) is 0. The minimum atomic E-state index is -0.337. The Morgan fingerprint density at radius 3 is 2.00 bits per heavy atom. The maximum atomic E-state index is 5.54. The molecule has 0 fully saturated rings. The quantitative estimate of drug-likeness (QED) is 0.607. The maximum Gasteiger partial charge on any atom is 0.0693 e. The van der Waals surface area contributed by atoms with Crippen LogP contribution in [0.2, 0.25) is 0 Å². The third kappa shape index (κ3) is 3.24. The Labute approximate surface area is 69.0 Å². The van der Waals surface area contributed by atoms with Gasteiger partial charge in [0.2, 0.25) is 0 Å². The molecule has 0 heterocycles. The van der Waals surface area contributed by atoms with Crippen molar-refractivity contribution in [2.45, 2.75) is 10.8 Å². The average Bonchev–Trinajstić information content (AvgIpc) is 1.84. The van der Waals surface area contributed by atoms with Gasteiger partial charge in [0.1, 0.15) is 0 Å². The van der Waals surface area contributed by atoms with Gasteiger partial charge in [-0.15, -0.1) is 46.4 Å². The second-order valence-electron chi connectivity index (χ2n) is 1.24. The number of hydrogen-bond donors (Lipinski definition) is 0. The van der Waals surface area contributed by atoms with Gasteiger partial charge >= 0.3 is 0 Å². The normalized spacial score (nSPS) is 18.0. The van der Waals surface area contributed by atoms with E-state index in [0.717, 1.165) is 0 Å². The maximum absolute atomic E-state index is 5.54. The van der Waals surface area contributed by atoms with Gasteiger partial charge in [0, 0.05) is 5.88 Å². The molecule has 0 spiro atoms. The molecule has 2 atom stereocenters. The molecule has 0 bridgehead atoms. The molecule has 1 radical (unpaired) electrons. The van der Waals surface area contributed by atoms with Crippen LogP contribution in [-0.4, -0.2) is 16.6 Å². The Bertz CT molecular complexity index is 48.0. The van der Waals surface area contributed by atoms with Crippen molar-refractivity contribution in [3.63, 3.8) is 0 Å². The van der Waals surface area contributed by atoms with Gasteiger partial charge in [0.05, 0.1) is 16.6 Å². The van der Waals surface area contributed by atoms with Crippen molar-refractivity contribution in [3.05, 3.63) is 5.88 Å². The third-order valence-corrected chi connectivity index (χ3v) is 2.49. The van der Waals surface area contributed by atoms with Crippen LogP contribution in [0.15, 0.2) is 0 Å². The predicted molar refractivity (Wildman–Crippen MR) is 40.2 cm³/mol. The highest BCUT2D eigenvalue weighted by atomic mass is 35.5. The van der Waals surface area contributed by atoms with E-state index >= 15 is 0 Å². The molecule has 8 heavy (non-hydrogen) atoms. The average molecular weight is 195 g/mol. The number of halogens is 4. The Morgan fingerprint density at radius 2 is 1.88 bits per heavy atom. The van der Waals surface area contributed by atoms with E-state index in [1.165, 1.54) is 5.88 Å².